The first kappa shape index (κ1) is 56.1. The molecule has 1 atom stereocenters. The highest BCUT2D eigenvalue weighted by molar-refractivity contribution is 6.03. The Kier molecular flexibility index (Phi) is 19.2. The Morgan fingerprint density at radius 2 is 1.36 bits per heavy atom. The van der Waals surface area contributed by atoms with Gasteiger partial charge in [-0.3, -0.25) is 9.59 Å². The summed E-state index contributed by atoms with van der Waals surface area (Å²) in [4.78, 5) is 30.3. The molecule has 5 aromatic carbocycles. The number of allylic oxidation sites excluding steroid dienone is 5. The largest absolute Gasteiger partial charge is 0.461 e. The number of azo groups is 1. The first-order valence-corrected chi connectivity index (χ1v) is 28.6. The van der Waals surface area contributed by atoms with Crippen LogP contribution < -0.4 is 25.2 Å². The van der Waals surface area contributed by atoms with Crippen LogP contribution >= 0.6 is 0 Å². The van der Waals surface area contributed by atoms with E-state index >= 15 is 0 Å². The van der Waals surface area contributed by atoms with Crippen molar-refractivity contribution in [2.45, 2.75) is 136 Å². The fraction of sp³-hybridized carbons (Fsp3) is 0.418. The van der Waals surface area contributed by atoms with Gasteiger partial charge in [0, 0.05) is 98.2 Å². The molecule has 10 nitrogen and oxygen atoms in total. The van der Waals surface area contributed by atoms with Crippen LogP contribution in [0.25, 0.3) is 0 Å². The van der Waals surface area contributed by atoms with Crippen LogP contribution in [0.1, 0.15) is 146 Å². The maximum Gasteiger partial charge on any atom is 0.251 e. The molecule has 0 saturated heterocycles. The molecule has 2 N–H and O–H groups in total. The molecule has 0 spiro atoms. The standard InChI is InChI=1S/C67H83N7O3/c1-9-46-73-59-26-17-15-24-57(59)66(3,4)61(73)42-33-50-22-21-23-52(48-62-67(5,6)58-25-16-18-27-60(58)74(62)47-10-2)64(50)77-56-40-28-49(29-41-56)30-43-63(75)68-44-19-13-11-12-14-20-45-69-65(76)51-31-34-53(35-32-51)70-71-54-36-38-55(39-37-54)72(7)8/h15-18,24-29,31-42,48,52H,9-14,19-23,30,43-47H2,1-8H3,(H-,68,69,75,76)/p+1/b42-33+,62-48-,71-70?. The summed E-state index contributed by atoms with van der Waals surface area (Å²) in [5.74, 6) is 1.98. The van der Waals surface area contributed by atoms with E-state index in [4.69, 9.17) is 4.74 Å². The van der Waals surface area contributed by atoms with E-state index in [0.717, 1.165) is 112 Å². The average Bonchev–Trinajstić information content (AvgIpc) is 3.84. The normalized spacial score (nSPS) is 17.1. The Bertz CT molecular complexity index is 2960. The number of rotatable bonds is 25. The summed E-state index contributed by atoms with van der Waals surface area (Å²) in [5, 5.41) is 14.8. The number of para-hydroxylation sites is 2. The molecule has 10 heteroatoms. The van der Waals surface area contributed by atoms with Gasteiger partial charge in [0.15, 0.2) is 5.71 Å². The molecule has 2 amide bonds. The third-order valence-corrected chi connectivity index (χ3v) is 15.7. The molecule has 2 aliphatic heterocycles. The molecule has 0 aromatic heterocycles. The van der Waals surface area contributed by atoms with Gasteiger partial charge in [0.25, 0.3) is 5.91 Å². The molecule has 0 fully saturated rings. The molecule has 0 saturated carbocycles. The zero-order valence-corrected chi connectivity index (χ0v) is 47.3. The number of benzene rings is 5. The summed E-state index contributed by atoms with van der Waals surface area (Å²) >= 11 is 0. The number of ether oxygens (including phenoxy) is 1. The molecule has 8 rings (SSSR count). The molecule has 404 valence electrons. The summed E-state index contributed by atoms with van der Waals surface area (Å²) in [6.07, 6.45) is 19.8. The van der Waals surface area contributed by atoms with E-state index in [1.807, 2.05) is 55.4 Å². The first-order valence-electron chi connectivity index (χ1n) is 28.6. The van der Waals surface area contributed by atoms with Gasteiger partial charge < -0.3 is 25.2 Å². The molecule has 3 aliphatic rings. The van der Waals surface area contributed by atoms with Crippen molar-refractivity contribution in [3.63, 3.8) is 0 Å². The lowest BCUT2D eigenvalue weighted by atomic mass is 9.79. The van der Waals surface area contributed by atoms with Crippen molar-refractivity contribution >= 4 is 46.0 Å². The maximum absolute atomic E-state index is 12.9. The molecule has 5 aromatic rings. The van der Waals surface area contributed by atoms with Crippen molar-refractivity contribution in [2.24, 2.45) is 16.1 Å². The number of amides is 2. The summed E-state index contributed by atoms with van der Waals surface area (Å²) in [6.45, 7) is 17.3. The number of aryl methyl sites for hydroxylation is 1. The van der Waals surface area contributed by atoms with Crippen LogP contribution in [0.15, 0.2) is 167 Å². The van der Waals surface area contributed by atoms with Crippen LogP contribution in [0.2, 0.25) is 0 Å². The van der Waals surface area contributed by atoms with Gasteiger partial charge in [0.1, 0.15) is 18.1 Å². The van der Waals surface area contributed by atoms with Gasteiger partial charge in [-0.15, -0.1) is 0 Å². The van der Waals surface area contributed by atoms with E-state index < -0.39 is 0 Å². The van der Waals surface area contributed by atoms with Crippen LogP contribution in [0.5, 0.6) is 5.75 Å². The second-order valence-corrected chi connectivity index (χ2v) is 22.4. The predicted molar refractivity (Wildman–Crippen MR) is 318 cm³/mol. The minimum atomic E-state index is -0.134. The lowest BCUT2D eigenvalue weighted by Gasteiger charge is -2.31. The fourth-order valence-electron chi connectivity index (χ4n) is 11.4. The Hall–Kier alpha value is -7.07. The van der Waals surface area contributed by atoms with E-state index in [2.05, 4.69) is 163 Å². The Morgan fingerprint density at radius 3 is 2.04 bits per heavy atom. The second kappa shape index (κ2) is 26.3. The van der Waals surface area contributed by atoms with Crippen LogP contribution in [0.4, 0.5) is 28.4 Å². The van der Waals surface area contributed by atoms with Crippen molar-refractivity contribution in [3.8, 4) is 5.75 Å². The Balaban J connectivity index is 0.807. The number of hydrogen-bond acceptors (Lipinski definition) is 7. The van der Waals surface area contributed by atoms with Crippen molar-refractivity contribution in [3.05, 3.63) is 179 Å². The summed E-state index contributed by atoms with van der Waals surface area (Å²) in [6, 6.07) is 41.3. The number of carbonyl (C=O) groups excluding carboxylic acids is 2. The Labute approximate surface area is 460 Å². The Morgan fingerprint density at radius 1 is 0.727 bits per heavy atom. The van der Waals surface area contributed by atoms with Crippen molar-refractivity contribution in [1.82, 2.24) is 10.6 Å². The molecule has 0 radical (unpaired) electrons. The van der Waals surface area contributed by atoms with Gasteiger partial charge >= 0.3 is 0 Å². The highest BCUT2D eigenvalue weighted by Crippen LogP contribution is 2.49. The number of nitrogens with one attached hydrogen (secondary N) is 2. The SMILES string of the molecule is CCCN1/C(=C\C2CCCC(/C=C/C3=[N+](CCC)c4ccccc4C3(C)C)=C2Oc2ccc(CCC(=O)NCCCCCCCCNC(=O)c3ccc(N=Nc4ccc(N(C)C)cc4)cc3)cc2)C(C)(C)c2ccccc21. The van der Waals surface area contributed by atoms with Crippen molar-refractivity contribution in [1.29, 1.82) is 0 Å². The van der Waals surface area contributed by atoms with Crippen LogP contribution in [-0.4, -0.2) is 62.4 Å². The van der Waals surface area contributed by atoms with E-state index in [1.54, 1.807) is 12.1 Å². The fourth-order valence-corrected chi connectivity index (χ4v) is 11.4. The maximum atomic E-state index is 12.9. The lowest BCUT2D eigenvalue weighted by Crippen LogP contribution is -2.29. The van der Waals surface area contributed by atoms with E-state index in [1.165, 1.54) is 39.5 Å². The molecular formula is C67H84N7O3+. The monoisotopic (exact) mass is 1030 g/mol. The minimum Gasteiger partial charge on any atom is -0.461 e. The van der Waals surface area contributed by atoms with Gasteiger partial charge in [0.05, 0.1) is 16.8 Å². The molecule has 1 aliphatic carbocycles. The van der Waals surface area contributed by atoms with Crippen LogP contribution in [-0.2, 0) is 22.0 Å². The molecule has 2 heterocycles. The second-order valence-electron chi connectivity index (χ2n) is 22.4. The van der Waals surface area contributed by atoms with Crippen molar-refractivity contribution < 1.29 is 18.9 Å². The van der Waals surface area contributed by atoms with Gasteiger partial charge in [-0.25, -0.2) is 0 Å². The number of unbranched alkanes of at least 4 members (excludes halogenated alkanes) is 5. The predicted octanol–water partition coefficient (Wildman–Crippen LogP) is 15.6. The van der Waals surface area contributed by atoms with Gasteiger partial charge in [-0.2, -0.15) is 14.8 Å². The lowest BCUT2D eigenvalue weighted by molar-refractivity contribution is -0.437. The van der Waals surface area contributed by atoms with Crippen LogP contribution in [0.3, 0.4) is 0 Å². The summed E-state index contributed by atoms with van der Waals surface area (Å²) in [5.41, 5.74) is 13.4. The van der Waals surface area contributed by atoms with Gasteiger partial charge in [-0.1, -0.05) is 108 Å². The van der Waals surface area contributed by atoms with Crippen molar-refractivity contribution in [2.75, 3.05) is 50.1 Å². The first-order chi connectivity index (χ1) is 37.3. The zero-order chi connectivity index (χ0) is 54.4. The minimum absolute atomic E-state index is 0.0784. The summed E-state index contributed by atoms with van der Waals surface area (Å²) in [7, 11) is 4.00. The van der Waals surface area contributed by atoms with Gasteiger partial charge in [0.2, 0.25) is 11.6 Å². The smallest absolute Gasteiger partial charge is 0.251 e. The average molecular weight is 1040 g/mol. The highest BCUT2D eigenvalue weighted by atomic mass is 16.5. The zero-order valence-electron chi connectivity index (χ0n) is 47.3. The molecular weight excluding hydrogens is 951 g/mol. The quantitative estimate of drug-likeness (QED) is 0.0344. The van der Waals surface area contributed by atoms with Crippen LogP contribution in [0, 0.1) is 5.92 Å². The highest BCUT2D eigenvalue weighted by Gasteiger charge is 2.44. The van der Waals surface area contributed by atoms with E-state index in [9.17, 15) is 9.59 Å². The number of nitrogens with zero attached hydrogens (tertiary/aromatic N) is 5. The molecule has 77 heavy (non-hydrogen) atoms. The van der Waals surface area contributed by atoms with E-state index in [0.29, 0.717) is 37.2 Å². The summed E-state index contributed by atoms with van der Waals surface area (Å²) < 4.78 is 9.64. The van der Waals surface area contributed by atoms with E-state index in [-0.39, 0.29) is 28.6 Å². The number of fused-ring (bicyclic) bond motifs is 2. The third kappa shape index (κ3) is 13.9. The third-order valence-electron chi connectivity index (χ3n) is 15.7. The number of carbonyl (C=O) groups is 2. The molecule has 1 unspecified atom stereocenters. The molecule has 0 bridgehead atoms. The topological polar surface area (TPSA) is 102 Å². The number of anilines is 2. The number of hydrogen-bond donors (Lipinski definition) is 2. The van der Waals surface area contributed by atoms with Gasteiger partial charge in [-0.05, 0) is 148 Å².